The molecule has 0 aliphatic heterocycles. The number of rotatable bonds is 5. The van der Waals surface area contributed by atoms with Gasteiger partial charge in [0.25, 0.3) is 0 Å². The van der Waals surface area contributed by atoms with Crippen LogP contribution in [0.3, 0.4) is 0 Å². The fourth-order valence-corrected chi connectivity index (χ4v) is 2.32. The molecule has 0 saturated heterocycles. The first-order valence-electron chi connectivity index (χ1n) is 6.00. The van der Waals surface area contributed by atoms with Crippen LogP contribution < -0.4 is 5.32 Å². The fraction of sp³-hybridized carbons (Fsp3) is 0.500. The molecule has 0 aliphatic rings. The van der Waals surface area contributed by atoms with Gasteiger partial charge in [0.15, 0.2) is 0 Å². The molecule has 0 aromatic heterocycles. The number of carbonyl (C=O) groups excluding carboxylic acids is 1. The monoisotopic (exact) mass is 267 g/mol. The summed E-state index contributed by atoms with van der Waals surface area (Å²) in [6.45, 7) is 6.28. The third-order valence-electron chi connectivity index (χ3n) is 3.06. The summed E-state index contributed by atoms with van der Waals surface area (Å²) in [4.78, 5) is 12.2. The Morgan fingerprint density at radius 3 is 2.50 bits per heavy atom. The Balaban J connectivity index is 2.77. The van der Waals surface area contributed by atoms with E-state index in [0.29, 0.717) is 12.3 Å². The molecule has 0 heterocycles. The van der Waals surface area contributed by atoms with Crippen molar-refractivity contribution in [2.24, 2.45) is 0 Å². The summed E-state index contributed by atoms with van der Waals surface area (Å²) in [6.07, 6.45) is 1.64. The molecule has 1 atom stereocenters. The van der Waals surface area contributed by atoms with Crippen molar-refractivity contribution in [2.45, 2.75) is 26.2 Å². The zero-order chi connectivity index (χ0) is 13.8. The maximum absolute atomic E-state index is 12.2. The summed E-state index contributed by atoms with van der Waals surface area (Å²) in [5.74, 6) is 0.470. The second-order valence-corrected chi connectivity index (χ2v) is 6.53. The van der Waals surface area contributed by atoms with Gasteiger partial charge in [-0.3, -0.25) is 9.00 Å². The summed E-state index contributed by atoms with van der Waals surface area (Å²) >= 11 is 0. The molecule has 1 amide bonds. The average molecular weight is 267 g/mol. The van der Waals surface area contributed by atoms with Crippen LogP contribution in [-0.2, 0) is 21.0 Å². The van der Waals surface area contributed by atoms with Crippen molar-refractivity contribution in [1.82, 2.24) is 5.32 Å². The van der Waals surface area contributed by atoms with Crippen LogP contribution in [0.25, 0.3) is 0 Å². The van der Waals surface area contributed by atoms with Crippen LogP contribution in [0.2, 0.25) is 0 Å². The van der Waals surface area contributed by atoms with Gasteiger partial charge < -0.3 is 5.32 Å². The molecule has 0 bridgehead atoms. The minimum atomic E-state index is -0.872. The first-order valence-corrected chi connectivity index (χ1v) is 7.73. The smallest absolute Gasteiger partial charge is 0.230 e. The lowest BCUT2D eigenvalue weighted by molar-refractivity contribution is -0.125. The topological polar surface area (TPSA) is 46.2 Å². The lowest BCUT2D eigenvalue weighted by Gasteiger charge is -2.25. The molecule has 1 aromatic rings. The van der Waals surface area contributed by atoms with Gasteiger partial charge in [-0.2, -0.15) is 0 Å². The van der Waals surface area contributed by atoms with Crippen LogP contribution >= 0.6 is 0 Å². The molecule has 0 radical (unpaired) electrons. The molecule has 3 nitrogen and oxygen atoms in total. The molecule has 0 aliphatic carbocycles. The lowest BCUT2D eigenvalue weighted by Crippen LogP contribution is -2.41. The van der Waals surface area contributed by atoms with Crippen molar-refractivity contribution >= 4 is 16.7 Å². The van der Waals surface area contributed by atoms with Crippen molar-refractivity contribution < 1.29 is 9.00 Å². The van der Waals surface area contributed by atoms with Gasteiger partial charge in [-0.25, -0.2) is 0 Å². The van der Waals surface area contributed by atoms with E-state index in [2.05, 4.69) is 5.32 Å². The molecule has 0 fully saturated rings. The van der Waals surface area contributed by atoms with Gasteiger partial charge in [0.2, 0.25) is 5.91 Å². The van der Waals surface area contributed by atoms with E-state index in [1.54, 1.807) is 6.26 Å². The van der Waals surface area contributed by atoms with Crippen molar-refractivity contribution in [3.8, 4) is 0 Å². The molecule has 4 heteroatoms. The summed E-state index contributed by atoms with van der Waals surface area (Å²) in [5.41, 5.74) is 1.57. The van der Waals surface area contributed by atoms with Gasteiger partial charge in [-0.15, -0.1) is 0 Å². The summed E-state index contributed by atoms with van der Waals surface area (Å²) in [6, 6.07) is 7.89. The van der Waals surface area contributed by atoms with E-state index in [1.807, 2.05) is 45.0 Å². The number of aryl methyl sites for hydroxylation is 1. The quantitative estimate of drug-likeness (QED) is 0.883. The molecular formula is C14H21NO2S. The molecule has 0 spiro atoms. The van der Waals surface area contributed by atoms with E-state index in [4.69, 9.17) is 0 Å². The number of carbonyl (C=O) groups is 1. The maximum Gasteiger partial charge on any atom is 0.230 e. The molecule has 1 aromatic carbocycles. The second kappa shape index (κ2) is 6.14. The molecule has 0 saturated carbocycles. The normalized spacial score (nSPS) is 13.1. The largest absolute Gasteiger partial charge is 0.354 e. The van der Waals surface area contributed by atoms with Crippen LogP contribution in [0.5, 0.6) is 0 Å². The highest BCUT2D eigenvalue weighted by Crippen LogP contribution is 2.26. The summed E-state index contributed by atoms with van der Waals surface area (Å²) in [7, 11) is -0.872. The second-order valence-electron chi connectivity index (χ2n) is 4.97. The Kier molecular flexibility index (Phi) is 5.08. The number of hydrogen-bond acceptors (Lipinski definition) is 2. The zero-order valence-corrected chi connectivity index (χ0v) is 12.3. The average Bonchev–Trinajstić information content (AvgIpc) is 2.28. The predicted molar refractivity (Wildman–Crippen MR) is 76.1 cm³/mol. The maximum atomic E-state index is 12.2. The first-order chi connectivity index (χ1) is 8.35. The van der Waals surface area contributed by atoms with Crippen molar-refractivity contribution in [3.05, 3.63) is 35.4 Å². The van der Waals surface area contributed by atoms with Gasteiger partial charge in [0.05, 0.1) is 5.41 Å². The van der Waals surface area contributed by atoms with E-state index in [-0.39, 0.29) is 5.91 Å². The van der Waals surface area contributed by atoms with Crippen LogP contribution in [-0.4, -0.2) is 28.7 Å². The van der Waals surface area contributed by atoms with Gasteiger partial charge in [0, 0.05) is 29.4 Å². The summed E-state index contributed by atoms with van der Waals surface area (Å²) in [5, 5.41) is 2.85. The molecule has 1 N–H and O–H groups in total. The Morgan fingerprint density at radius 2 is 1.94 bits per heavy atom. The SMILES string of the molecule is Cc1ccccc1C(C)(C)C(=O)NCCS(C)=O. The number of amides is 1. The highest BCUT2D eigenvalue weighted by molar-refractivity contribution is 7.84. The van der Waals surface area contributed by atoms with E-state index in [0.717, 1.165) is 11.1 Å². The Hall–Kier alpha value is -1.16. The minimum absolute atomic E-state index is 0.0257. The minimum Gasteiger partial charge on any atom is -0.354 e. The van der Waals surface area contributed by atoms with E-state index < -0.39 is 16.2 Å². The standard InChI is InChI=1S/C14H21NO2S/c1-11-7-5-6-8-12(11)14(2,3)13(16)15-9-10-18(4)17/h5-8H,9-10H2,1-4H3,(H,15,16). The third kappa shape index (κ3) is 3.67. The van der Waals surface area contributed by atoms with E-state index in [1.165, 1.54) is 0 Å². The molecule has 100 valence electrons. The number of hydrogen-bond donors (Lipinski definition) is 1. The molecular weight excluding hydrogens is 246 g/mol. The number of benzene rings is 1. The fourth-order valence-electron chi connectivity index (χ4n) is 1.93. The number of nitrogens with one attached hydrogen (secondary N) is 1. The van der Waals surface area contributed by atoms with Crippen molar-refractivity contribution in [2.75, 3.05) is 18.6 Å². The lowest BCUT2D eigenvalue weighted by atomic mass is 9.81. The van der Waals surface area contributed by atoms with Gasteiger partial charge in [0.1, 0.15) is 0 Å². The predicted octanol–water partition coefficient (Wildman–Crippen LogP) is 1.77. The van der Waals surface area contributed by atoms with Crippen molar-refractivity contribution in [1.29, 1.82) is 0 Å². The van der Waals surface area contributed by atoms with Gasteiger partial charge in [-0.1, -0.05) is 24.3 Å². The van der Waals surface area contributed by atoms with E-state index >= 15 is 0 Å². The zero-order valence-electron chi connectivity index (χ0n) is 11.4. The van der Waals surface area contributed by atoms with Crippen LogP contribution in [0, 0.1) is 6.92 Å². The Labute approximate surface area is 111 Å². The van der Waals surface area contributed by atoms with Crippen LogP contribution in [0.1, 0.15) is 25.0 Å². The highest BCUT2D eigenvalue weighted by atomic mass is 32.2. The van der Waals surface area contributed by atoms with Crippen LogP contribution in [0.15, 0.2) is 24.3 Å². The molecule has 1 rings (SSSR count). The Bertz CT molecular complexity index is 455. The van der Waals surface area contributed by atoms with E-state index in [9.17, 15) is 9.00 Å². The highest BCUT2D eigenvalue weighted by Gasteiger charge is 2.30. The van der Waals surface area contributed by atoms with Crippen molar-refractivity contribution in [3.63, 3.8) is 0 Å². The molecule has 18 heavy (non-hydrogen) atoms. The van der Waals surface area contributed by atoms with Gasteiger partial charge in [-0.05, 0) is 31.9 Å². The summed E-state index contributed by atoms with van der Waals surface area (Å²) < 4.78 is 11.0. The third-order valence-corrected chi connectivity index (χ3v) is 3.84. The first kappa shape index (κ1) is 14.9. The molecule has 1 unspecified atom stereocenters. The van der Waals surface area contributed by atoms with Gasteiger partial charge >= 0.3 is 0 Å². The van der Waals surface area contributed by atoms with Crippen LogP contribution in [0.4, 0.5) is 0 Å². The Morgan fingerprint density at radius 1 is 1.33 bits per heavy atom.